The van der Waals surface area contributed by atoms with E-state index >= 15 is 0 Å². The molecule has 2 saturated carbocycles. The minimum absolute atomic E-state index is 0. The minimum Gasteiger partial charge on any atom is -0.374 e. The van der Waals surface area contributed by atoms with E-state index in [1.165, 1.54) is 0 Å². The van der Waals surface area contributed by atoms with E-state index in [0.29, 0.717) is 19.3 Å². The molecule has 0 aliphatic heterocycles. The molecule has 1 nitrogen and oxygen atoms in total. The Balaban J connectivity index is 0.00000180. The number of rotatable bonds is 2. The molecule has 0 spiro atoms. The van der Waals surface area contributed by atoms with Crippen LogP contribution in [-0.2, 0) is 0 Å². The van der Waals surface area contributed by atoms with Crippen LogP contribution in [0, 0.1) is 61.8 Å². The van der Waals surface area contributed by atoms with Crippen LogP contribution in [0.15, 0.2) is 0 Å². The maximum atomic E-state index is 12.5. The molecule has 2 aliphatic carbocycles. The molecule has 0 aromatic heterocycles. The first-order valence-electron chi connectivity index (χ1n) is 5.90. The van der Waals surface area contributed by atoms with Crippen LogP contribution in [0.3, 0.4) is 0 Å². The van der Waals surface area contributed by atoms with Gasteiger partial charge in [-0.2, -0.15) is 26.3 Å². The second-order valence-electron chi connectivity index (χ2n) is 5.49. The Morgan fingerprint density at radius 3 is 1.74 bits per heavy atom. The summed E-state index contributed by atoms with van der Waals surface area (Å²) in [6.45, 7) is 0. The van der Waals surface area contributed by atoms with Crippen molar-refractivity contribution < 1.29 is 75.5 Å². The van der Waals surface area contributed by atoms with Gasteiger partial charge < -0.3 is 5.11 Å². The van der Waals surface area contributed by atoms with Gasteiger partial charge in [0.05, 0.1) is 0 Å². The molecular weight excluding hydrogens is 489 g/mol. The van der Waals surface area contributed by atoms with Gasteiger partial charge in [0.15, 0.2) is 0 Å². The quantitative estimate of drug-likeness (QED) is 0.571. The molecule has 0 heterocycles. The number of alkyl halides is 6. The molecule has 8 heteroatoms. The van der Waals surface area contributed by atoms with E-state index < -0.39 is 30.3 Å². The van der Waals surface area contributed by atoms with Crippen LogP contribution in [0.1, 0.15) is 32.1 Å². The van der Waals surface area contributed by atoms with Crippen molar-refractivity contribution in [3.63, 3.8) is 0 Å². The summed E-state index contributed by atoms with van der Waals surface area (Å²) in [6, 6.07) is 0. The maximum absolute atomic E-state index is 12.5. The van der Waals surface area contributed by atoms with Crippen molar-refractivity contribution >= 4 is 0 Å². The van der Waals surface area contributed by atoms with Gasteiger partial charge in [-0.05, 0) is 43.4 Å². The third-order valence-electron chi connectivity index (χ3n) is 4.38. The Bertz CT molecular complexity index is 312. The molecule has 2 fully saturated rings. The fraction of sp³-hybridized carbons (Fsp3) is 1.00. The van der Waals surface area contributed by atoms with Gasteiger partial charge in [0.25, 0.3) is 5.60 Å². The van der Waals surface area contributed by atoms with Crippen LogP contribution >= 0.6 is 0 Å². The maximum Gasteiger partial charge on any atom is 0.426 e. The van der Waals surface area contributed by atoms with Gasteiger partial charge in [-0.25, -0.2) is 0 Å². The first-order chi connectivity index (χ1) is 8.04. The van der Waals surface area contributed by atoms with E-state index in [4.69, 9.17) is 5.11 Å². The number of aliphatic hydroxyl groups is 1. The molecule has 0 aromatic carbocycles. The fourth-order valence-electron chi connectivity index (χ4n) is 3.40. The molecule has 0 saturated heterocycles. The predicted molar refractivity (Wildman–Crippen MR) is 50.6 cm³/mol. The van der Waals surface area contributed by atoms with Crippen LogP contribution in [0.2, 0.25) is 0 Å². The molecule has 1 radical (unpaired) electrons. The summed E-state index contributed by atoms with van der Waals surface area (Å²) < 4.78 is 75.2. The summed E-state index contributed by atoms with van der Waals surface area (Å²) in [5.41, 5.74) is -4.56. The van der Waals surface area contributed by atoms with Gasteiger partial charge in [0, 0.05) is 44.1 Å². The Labute approximate surface area is 142 Å². The zero-order chi connectivity index (χ0) is 13.8. The Kier molecular flexibility index (Phi) is 5.35. The number of hydrogen-bond acceptors (Lipinski definition) is 1. The summed E-state index contributed by atoms with van der Waals surface area (Å²) in [7, 11) is 0. The molecule has 3 atom stereocenters. The van der Waals surface area contributed by atoms with E-state index in [2.05, 4.69) is 0 Å². The van der Waals surface area contributed by atoms with Crippen LogP contribution in [0.4, 0.5) is 26.3 Å². The van der Waals surface area contributed by atoms with E-state index in [-0.39, 0.29) is 55.9 Å². The van der Waals surface area contributed by atoms with Crippen molar-refractivity contribution in [2.45, 2.75) is 50.1 Å². The van der Waals surface area contributed by atoms with Crippen molar-refractivity contribution in [3.05, 3.63) is 0 Å². The monoisotopic (exact) mass is 503 g/mol. The Morgan fingerprint density at radius 1 is 0.895 bits per heavy atom. The predicted octanol–water partition coefficient (Wildman–Crippen LogP) is 3.67. The molecule has 19 heavy (non-hydrogen) atoms. The molecule has 2 aliphatic rings. The van der Waals surface area contributed by atoms with Crippen LogP contribution in [0.25, 0.3) is 0 Å². The van der Waals surface area contributed by atoms with E-state index in [9.17, 15) is 26.3 Å². The van der Waals surface area contributed by atoms with Crippen molar-refractivity contribution in [1.82, 2.24) is 0 Å². The third kappa shape index (κ3) is 3.26. The molecule has 2 rings (SSSR count). The molecule has 109 valence electrons. The second-order valence-corrected chi connectivity index (χ2v) is 5.49. The van der Waals surface area contributed by atoms with Crippen molar-refractivity contribution in [3.8, 4) is 0 Å². The van der Waals surface area contributed by atoms with Gasteiger partial charge in [0.2, 0.25) is 0 Å². The van der Waals surface area contributed by atoms with E-state index in [0.717, 1.165) is 6.42 Å². The minimum atomic E-state index is -5.67. The van der Waals surface area contributed by atoms with Gasteiger partial charge in [-0.15, -0.1) is 0 Å². The van der Waals surface area contributed by atoms with Gasteiger partial charge >= 0.3 is 12.4 Å². The SMILES string of the molecule is OC(CC1CC2CCC1C2)(C(F)(F)F)C(F)(F)F.[Ac]. The van der Waals surface area contributed by atoms with E-state index in [1.54, 1.807) is 0 Å². The molecule has 2 bridgehead atoms. The number of halogens is 6. The zero-order valence-corrected chi connectivity index (χ0v) is 14.8. The zero-order valence-electron chi connectivity index (χ0n) is 10.1. The number of hydrogen-bond donors (Lipinski definition) is 1. The number of fused-ring (bicyclic) bond motifs is 2. The van der Waals surface area contributed by atoms with Crippen molar-refractivity contribution in [2.24, 2.45) is 17.8 Å². The summed E-state index contributed by atoms with van der Waals surface area (Å²) in [5, 5.41) is 9.12. The standard InChI is InChI=1S/C11H14F6O.Ac/c12-10(13,14)9(18,11(15,16)17)5-8-4-6-1-2-7(8)3-6;/h6-8,18H,1-5H2;. The van der Waals surface area contributed by atoms with Crippen molar-refractivity contribution in [1.29, 1.82) is 0 Å². The van der Waals surface area contributed by atoms with Crippen molar-refractivity contribution in [2.75, 3.05) is 0 Å². The molecule has 1 N–H and O–H groups in total. The summed E-state index contributed by atoms with van der Waals surface area (Å²) >= 11 is 0. The largest absolute Gasteiger partial charge is 0.426 e. The molecule has 3 unspecified atom stereocenters. The smallest absolute Gasteiger partial charge is 0.374 e. The first kappa shape index (κ1) is 18.0. The summed E-state index contributed by atoms with van der Waals surface area (Å²) in [6.07, 6.45) is -9.95. The van der Waals surface area contributed by atoms with Crippen LogP contribution < -0.4 is 0 Å². The van der Waals surface area contributed by atoms with Crippen LogP contribution in [-0.4, -0.2) is 23.1 Å². The molecule has 0 aromatic rings. The second kappa shape index (κ2) is 5.64. The van der Waals surface area contributed by atoms with E-state index in [1.807, 2.05) is 0 Å². The Hall–Kier alpha value is 0.982. The third-order valence-corrected chi connectivity index (χ3v) is 4.38. The average Bonchev–Trinajstić information content (AvgIpc) is 2.75. The summed E-state index contributed by atoms with van der Waals surface area (Å²) in [4.78, 5) is 0. The van der Waals surface area contributed by atoms with Gasteiger partial charge in [-0.1, -0.05) is 6.42 Å². The van der Waals surface area contributed by atoms with Crippen LogP contribution in [0.5, 0.6) is 0 Å². The normalized spacial score (nSPS) is 31.4. The Morgan fingerprint density at radius 2 is 1.42 bits per heavy atom. The van der Waals surface area contributed by atoms with Gasteiger partial charge in [0.1, 0.15) is 0 Å². The average molecular weight is 503 g/mol. The fourth-order valence-corrected chi connectivity index (χ4v) is 3.40. The molecular formula is C11H14AcF6O. The molecule has 0 amide bonds. The summed E-state index contributed by atoms with van der Waals surface area (Å²) in [5.74, 6) is -0.519. The first-order valence-corrected chi connectivity index (χ1v) is 5.90. The topological polar surface area (TPSA) is 20.2 Å². The van der Waals surface area contributed by atoms with Gasteiger partial charge in [-0.3, -0.25) is 0 Å².